The Hall–Kier alpha value is -2.17. The van der Waals surface area contributed by atoms with Gasteiger partial charge in [0, 0.05) is 10.4 Å². The second kappa shape index (κ2) is 7.45. The highest BCUT2D eigenvalue weighted by atomic mass is 32.2. The van der Waals surface area contributed by atoms with Gasteiger partial charge in [-0.3, -0.25) is 4.79 Å². The van der Waals surface area contributed by atoms with Crippen molar-refractivity contribution in [3.8, 4) is 6.07 Å². The number of sulfone groups is 1. The predicted octanol–water partition coefficient (Wildman–Crippen LogP) is 4.18. The number of hydrogen-bond acceptors (Lipinski definition) is 5. The number of fused-ring (bicyclic) bond motifs is 1. The molecular formula is C20H22N2O3S2. The fourth-order valence-electron chi connectivity index (χ4n) is 3.22. The molecule has 1 amide bonds. The minimum absolute atomic E-state index is 0.130. The summed E-state index contributed by atoms with van der Waals surface area (Å²) < 4.78 is 24.7. The van der Waals surface area contributed by atoms with Gasteiger partial charge in [-0.1, -0.05) is 13.0 Å². The number of carbonyl (C=O) groups excluding carboxylic acids is 1. The van der Waals surface area contributed by atoms with Crippen molar-refractivity contribution >= 4 is 32.1 Å². The number of rotatable bonds is 4. The monoisotopic (exact) mass is 402 g/mol. The van der Waals surface area contributed by atoms with Gasteiger partial charge in [-0.25, -0.2) is 8.42 Å². The second-order valence-corrected chi connectivity index (χ2v) is 10.9. The van der Waals surface area contributed by atoms with Crippen molar-refractivity contribution in [2.75, 3.05) is 5.32 Å². The number of benzene rings is 1. The first-order valence-corrected chi connectivity index (χ1v) is 11.3. The van der Waals surface area contributed by atoms with Gasteiger partial charge in [-0.2, -0.15) is 5.26 Å². The molecular weight excluding hydrogens is 380 g/mol. The average molecular weight is 403 g/mol. The summed E-state index contributed by atoms with van der Waals surface area (Å²) in [6, 6.07) is 8.26. The van der Waals surface area contributed by atoms with E-state index >= 15 is 0 Å². The maximum Gasteiger partial charge on any atom is 0.256 e. The molecule has 1 aromatic heterocycles. The number of carbonyl (C=O) groups is 1. The van der Waals surface area contributed by atoms with Crippen LogP contribution in [0.15, 0.2) is 29.2 Å². The smallest absolute Gasteiger partial charge is 0.256 e. The molecule has 0 aliphatic heterocycles. The summed E-state index contributed by atoms with van der Waals surface area (Å²) in [5.41, 5.74) is 1.86. The molecule has 0 saturated heterocycles. The molecule has 7 heteroatoms. The molecule has 142 valence electrons. The van der Waals surface area contributed by atoms with Crippen LogP contribution in [0.2, 0.25) is 0 Å². The number of anilines is 1. The number of nitrogens with zero attached hydrogens (tertiary/aromatic N) is 1. The van der Waals surface area contributed by atoms with E-state index in [0.717, 1.165) is 29.7 Å². The van der Waals surface area contributed by atoms with Gasteiger partial charge < -0.3 is 5.32 Å². The van der Waals surface area contributed by atoms with Crippen LogP contribution >= 0.6 is 11.3 Å². The lowest BCUT2D eigenvalue weighted by atomic mass is 9.88. The Labute approximate surface area is 164 Å². The lowest BCUT2D eigenvalue weighted by Crippen LogP contribution is -2.16. The summed E-state index contributed by atoms with van der Waals surface area (Å²) in [7, 11) is -3.46. The Kier molecular flexibility index (Phi) is 5.41. The van der Waals surface area contributed by atoms with Crippen molar-refractivity contribution in [1.82, 2.24) is 0 Å². The van der Waals surface area contributed by atoms with E-state index in [1.165, 1.54) is 23.5 Å². The van der Waals surface area contributed by atoms with Crippen LogP contribution in [0.1, 0.15) is 53.6 Å². The fraction of sp³-hybridized carbons (Fsp3) is 0.400. The predicted molar refractivity (Wildman–Crippen MR) is 107 cm³/mol. The molecule has 1 aliphatic rings. The molecule has 5 nitrogen and oxygen atoms in total. The largest absolute Gasteiger partial charge is 0.312 e. The maximum atomic E-state index is 12.7. The van der Waals surface area contributed by atoms with E-state index in [1.54, 1.807) is 26.0 Å². The summed E-state index contributed by atoms with van der Waals surface area (Å²) in [4.78, 5) is 14.0. The van der Waals surface area contributed by atoms with Crippen molar-refractivity contribution in [2.24, 2.45) is 5.92 Å². The Morgan fingerprint density at radius 1 is 1.37 bits per heavy atom. The molecule has 3 rings (SSSR count). The quantitative estimate of drug-likeness (QED) is 0.831. The van der Waals surface area contributed by atoms with E-state index in [2.05, 4.69) is 18.3 Å². The number of amides is 1. The average Bonchev–Trinajstić information content (AvgIpc) is 2.97. The third kappa shape index (κ3) is 3.78. The van der Waals surface area contributed by atoms with Gasteiger partial charge >= 0.3 is 0 Å². The van der Waals surface area contributed by atoms with Gasteiger partial charge in [0.25, 0.3) is 5.91 Å². The number of thiophene rings is 1. The first-order chi connectivity index (χ1) is 12.7. The van der Waals surface area contributed by atoms with Crippen molar-refractivity contribution in [1.29, 1.82) is 5.26 Å². The topological polar surface area (TPSA) is 87.0 Å². The molecule has 1 N–H and O–H groups in total. The third-order valence-electron chi connectivity index (χ3n) is 4.90. The van der Waals surface area contributed by atoms with Gasteiger partial charge in [-0.15, -0.1) is 11.3 Å². The molecule has 0 radical (unpaired) electrons. The first kappa shape index (κ1) is 19.6. The van der Waals surface area contributed by atoms with E-state index in [4.69, 9.17) is 0 Å². The van der Waals surface area contributed by atoms with Crippen LogP contribution in [0.25, 0.3) is 0 Å². The molecule has 0 spiro atoms. The lowest BCUT2D eigenvalue weighted by molar-refractivity contribution is 0.102. The minimum atomic E-state index is -3.46. The molecule has 1 aliphatic carbocycles. The zero-order valence-corrected chi connectivity index (χ0v) is 17.2. The van der Waals surface area contributed by atoms with Gasteiger partial charge in [0.05, 0.1) is 15.7 Å². The number of hydrogen-bond donors (Lipinski definition) is 1. The van der Waals surface area contributed by atoms with Crippen LogP contribution in [0.5, 0.6) is 0 Å². The SMILES string of the molecule is CC1CCc2c(sc(NC(=O)c3cccc(S(=O)(=O)C(C)C)c3)c2C#N)C1. The number of nitrogens with one attached hydrogen (secondary N) is 1. The zero-order valence-electron chi connectivity index (χ0n) is 15.6. The van der Waals surface area contributed by atoms with Crippen LogP contribution in [-0.4, -0.2) is 19.6 Å². The third-order valence-corrected chi connectivity index (χ3v) is 8.22. The van der Waals surface area contributed by atoms with Crippen molar-refractivity contribution in [2.45, 2.75) is 50.2 Å². The maximum absolute atomic E-state index is 12.7. The molecule has 0 bridgehead atoms. The Morgan fingerprint density at radius 2 is 2.11 bits per heavy atom. The van der Waals surface area contributed by atoms with Crippen LogP contribution in [0.3, 0.4) is 0 Å². The van der Waals surface area contributed by atoms with Gasteiger partial charge in [0.2, 0.25) is 0 Å². The molecule has 1 unspecified atom stereocenters. The molecule has 0 fully saturated rings. The zero-order chi connectivity index (χ0) is 19.8. The normalized spacial score (nSPS) is 16.6. The lowest BCUT2D eigenvalue weighted by Gasteiger charge is -2.17. The van der Waals surface area contributed by atoms with Gasteiger partial charge in [-0.05, 0) is 62.8 Å². The summed E-state index contributed by atoms with van der Waals surface area (Å²) in [6.45, 7) is 5.41. The van der Waals surface area contributed by atoms with Gasteiger partial charge in [0.1, 0.15) is 11.1 Å². The highest BCUT2D eigenvalue weighted by molar-refractivity contribution is 7.92. The van der Waals surface area contributed by atoms with E-state index in [9.17, 15) is 18.5 Å². The van der Waals surface area contributed by atoms with E-state index < -0.39 is 21.0 Å². The van der Waals surface area contributed by atoms with Crippen LogP contribution in [-0.2, 0) is 22.7 Å². The van der Waals surface area contributed by atoms with E-state index in [-0.39, 0.29) is 10.5 Å². The Bertz CT molecular complexity index is 1030. The summed E-state index contributed by atoms with van der Waals surface area (Å²) in [5.74, 6) is 0.170. The highest BCUT2D eigenvalue weighted by Gasteiger charge is 2.25. The Balaban J connectivity index is 1.90. The molecule has 0 saturated carbocycles. The first-order valence-electron chi connectivity index (χ1n) is 8.94. The summed E-state index contributed by atoms with van der Waals surface area (Å²) >= 11 is 1.46. The summed E-state index contributed by atoms with van der Waals surface area (Å²) in [6.07, 6.45) is 2.82. The molecule has 1 aromatic carbocycles. The second-order valence-electron chi connectivity index (χ2n) is 7.24. The van der Waals surface area contributed by atoms with Crippen molar-refractivity contribution in [3.63, 3.8) is 0 Å². The highest BCUT2D eigenvalue weighted by Crippen LogP contribution is 2.39. The van der Waals surface area contributed by atoms with Crippen molar-refractivity contribution in [3.05, 3.63) is 45.8 Å². The Morgan fingerprint density at radius 3 is 2.78 bits per heavy atom. The van der Waals surface area contributed by atoms with E-state index in [1.807, 2.05) is 0 Å². The molecule has 27 heavy (non-hydrogen) atoms. The van der Waals surface area contributed by atoms with Crippen LogP contribution in [0, 0.1) is 17.2 Å². The van der Waals surface area contributed by atoms with Crippen molar-refractivity contribution < 1.29 is 13.2 Å². The molecule has 1 heterocycles. The minimum Gasteiger partial charge on any atom is -0.312 e. The summed E-state index contributed by atoms with van der Waals surface area (Å²) in [5, 5.41) is 12.4. The standard InChI is InChI=1S/C20H22N2O3S2/c1-12(2)27(24,25)15-6-4-5-14(10-15)19(23)22-20-17(11-21)16-8-7-13(3)9-18(16)26-20/h4-6,10,12-13H,7-9H2,1-3H3,(H,22,23). The van der Waals surface area contributed by atoms with E-state index in [0.29, 0.717) is 16.5 Å². The number of nitriles is 1. The fourth-order valence-corrected chi connectivity index (χ4v) is 5.68. The molecule has 1 atom stereocenters. The van der Waals surface area contributed by atoms with Crippen LogP contribution in [0.4, 0.5) is 5.00 Å². The molecule has 2 aromatic rings. The van der Waals surface area contributed by atoms with Gasteiger partial charge in [0.15, 0.2) is 9.84 Å². The van der Waals surface area contributed by atoms with Crippen LogP contribution < -0.4 is 5.32 Å².